The Morgan fingerprint density at radius 3 is 1.26 bits per heavy atom. The quantitative estimate of drug-likeness (QED) is 0.179. The van der Waals surface area contributed by atoms with Gasteiger partial charge in [-0.3, -0.25) is 0 Å². The van der Waals surface area contributed by atoms with Gasteiger partial charge in [0.25, 0.3) is 0 Å². The SMILES string of the molecule is Cc1ccc(/C=C(\c2ccc(C)cc2)c2cccc(/C(=C/c3ccc(C)cc3)c3ccc(C)cc3)c2-n2cccn2)cc1. The number of hydrogen-bond donors (Lipinski definition) is 0. The minimum Gasteiger partial charge on any atom is -0.240 e. The van der Waals surface area contributed by atoms with Crippen LogP contribution in [0.3, 0.4) is 0 Å². The largest absolute Gasteiger partial charge is 0.240 e. The maximum Gasteiger partial charge on any atom is 0.0802 e. The van der Waals surface area contributed by atoms with Crippen LogP contribution in [0.5, 0.6) is 0 Å². The van der Waals surface area contributed by atoms with E-state index in [1.54, 1.807) is 0 Å². The average Bonchev–Trinajstić information content (AvgIpc) is 3.56. The van der Waals surface area contributed by atoms with Gasteiger partial charge in [-0.05, 0) is 79.3 Å². The monoisotopic (exact) mass is 556 g/mol. The molecule has 1 aromatic heterocycles. The number of hydrogen-bond acceptors (Lipinski definition) is 1. The molecule has 0 aliphatic rings. The van der Waals surface area contributed by atoms with Crippen molar-refractivity contribution in [1.82, 2.24) is 9.78 Å². The molecular formula is C41H36N2. The van der Waals surface area contributed by atoms with Crippen molar-refractivity contribution in [2.24, 2.45) is 0 Å². The molecule has 0 amide bonds. The molecule has 0 N–H and O–H groups in total. The minimum atomic E-state index is 1.05. The van der Waals surface area contributed by atoms with Crippen molar-refractivity contribution in [3.8, 4) is 5.69 Å². The Morgan fingerprint density at radius 1 is 0.488 bits per heavy atom. The molecule has 210 valence electrons. The molecule has 0 radical (unpaired) electrons. The zero-order valence-corrected chi connectivity index (χ0v) is 25.3. The van der Waals surface area contributed by atoms with Gasteiger partial charge in [0.05, 0.1) is 5.69 Å². The first-order valence-corrected chi connectivity index (χ1v) is 14.8. The fourth-order valence-electron chi connectivity index (χ4n) is 5.38. The molecule has 6 aromatic rings. The van der Waals surface area contributed by atoms with E-state index in [4.69, 9.17) is 5.10 Å². The van der Waals surface area contributed by atoms with Crippen LogP contribution in [0, 0.1) is 27.7 Å². The third-order valence-corrected chi connectivity index (χ3v) is 7.85. The van der Waals surface area contributed by atoms with E-state index in [1.165, 1.54) is 22.3 Å². The molecule has 0 aliphatic heterocycles. The molecule has 43 heavy (non-hydrogen) atoms. The number of rotatable bonds is 7. The van der Waals surface area contributed by atoms with Crippen molar-refractivity contribution in [2.75, 3.05) is 0 Å². The zero-order valence-electron chi connectivity index (χ0n) is 25.3. The van der Waals surface area contributed by atoms with Crippen molar-refractivity contribution in [3.63, 3.8) is 0 Å². The second-order valence-electron chi connectivity index (χ2n) is 11.3. The lowest BCUT2D eigenvalue weighted by atomic mass is 9.88. The van der Waals surface area contributed by atoms with Gasteiger partial charge >= 0.3 is 0 Å². The van der Waals surface area contributed by atoms with Crippen molar-refractivity contribution >= 4 is 23.3 Å². The number of aryl methyl sites for hydroxylation is 4. The first-order valence-electron chi connectivity index (χ1n) is 14.8. The molecule has 0 aliphatic carbocycles. The lowest BCUT2D eigenvalue weighted by Crippen LogP contribution is -2.06. The van der Waals surface area contributed by atoms with Gasteiger partial charge in [-0.1, -0.05) is 138 Å². The number of para-hydroxylation sites is 1. The Labute approximate surface area is 255 Å². The van der Waals surface area contributed by atoms with Gasteiger partial charge in [0, 0.05) is 23.5 Å². The van der Waals surface area contributed by atoms with Crippen LogP contribution in [0.25, 0.3) is 29.0 Å². The maximum absolute atomic E-state index is 4.79. The maximum atomic E-state index is 4.79. The van der Waals surface area contributed by atoms with E-state index in [0.717, 1.165) is 50.2 Å². The van der Waals surface area contributed by atoms with E-state index < -0.39 is 0 Å². The van der Waals surface area contributed by atoms with Crippen molar-refractivity contribution in [3.05, 3.63) is 189 Å². The topological polar surface area (TPSA) is 17.8 Å². The molecule has 2 heteroatoms. The highest BCUT2D eigenvalue weighted by atomic mass is 15.3. The molecule has 0 bridgehead atoms. The zero-order chi connectivity index (χ0) is 29.8. The summed E-state index contributed by atoms with van der Waals surface area (Å²) in [6, 6.07) is 43.7. The fourth-order valence-corrected chi connectivity index (χ4v) is 5.38. The second kappa shape index (κ2) is 12.3. The van der Waals surface area contributed by atoms with Crippen molar-refractivity contribution in [2.45, 2.75) is 27.7 Å². The molecule has 0 saturated carbocycles. The molecule has 1 heterocycles. The van der Waals surface area contributed by atoms with E-state index in [1.807, 2.05) is 23.1 Å². The van der Waals surface area contributed by atoms with Crippen molar-refractivity contribution < 1.29 is 0 Å². The number of benzene rings is 5. The normalized spacial score (nSPS) is 12.0. The average molecular weight is 557 g/mol. The summed E-state index contributed by atoms with van der Waals surface area (Å²) >= 11 is 0. The van der Waals surface area contributed by atoms with Crippen LogP contribution in [-0.2, 0) is 0 Å². The summed E-state index contributed by atoms with van der Waals surface area (Å²) in [7, 11) is 0. The van der Waals surface area contributed by atoms with Crippen LogP contribution in [0.1, 0.15) is 55.6 Å². The van der Waals surface area contributed by atoms with Gasteiger partial charge in [-0.25, -0.2) is 4.68 Å². The third-order valence-electron chi connectivity index (χ3n) is 7.85. The Balaban J connectivity index is 1.65. The molecule has 0 atom stereocenters. The molecule has 5 aromatic carbocycles. The molecular weight excluding hydrogens is 520 g/mol. The standard InChI is InChI=1S/C41H36N2/c1-29-9-17-33(18-10-29)27-39(35-21-13-31(3)14-22-35)37-7-5-8-38(41(37)43-26-6-25-42-43)40(36-23-15-32(4)16-24-36)28-34-19-11-30(2)12-20-34/h5-28H,1-4H3/b39-27+,40-28+. The predicted octanol–water partition coefficient (Wildman–Crippen LogP) is 10.3. The van der Waals surface area contributed by atoms with Crippen LogP contribution in [0.2, 0.25) is 0 Å². The Bertz CT molecular complexity index is 1760. The molecule has 0 saturated heterocycles. The van der Waals surface area contributed by atoms with Gasteiger partial charge < -0.3 is 0 Å². The van der Waals surface area contributed by atoms with Crippen LogP contribution in [-0.4, -0.2) is 9.78 Å². The summed E-state index contributed by atoms with van der Waals surface area (Å²) in [6.07, 6.45) is 8.49. The van der Waals surface area contributed by atoms with E-state index in [-0.39, 0.29) is 0 Å². The summed E-state index contributed by atoms with van der Waals surface area (Å²) in [5, 5.41) is 4.79. The Morgan fingerprint density at radius 2 is 0.884 bits per heavy atom. The summed E-state index contributed by atoms with van der Waals surface area (Å²) < 4.78 is 2.01. The molecule has 2 nitrogen and oxygen atoms in total. The first kappa shape index (κ1) is 27.9. The van der Waals surface area contributed by atoms with E-state index in [9.17, 15) is 0 Å². The van der Waals surface area contributed by atoms with Gasteiger partial charge in [0.1, 0.15) is 0 Å². The third kappa shape index (κ3) is 6.34. The van der Waals surface area contributed by atoms with E-state index in [0.29, 0.717) is 0 Å². The van der Waals surface area contributed by atoms with Crippen LogP contribution >= 0.6 is 0 Å². The predicted molar refractivity (Wildman–Crippen MR) is 182 cm³/mol. The fraction of sp³-hybridized carbons (Fsp3) is 0.0976. The van der Waals surface area contributed by atoms with Gasteiger partial charge in [-0.2, -0.15) is 5.10 Å². The number of nitrogens with zero attached hydrogens (tertiary/aromatic N) is 2. The molecule has 0 unspecified atom stereocenters. The number of aromatic nitrogens is 2. The highest BCUT2D eigenvalue weighted by molar-refractivity contribution is 6.00. The molecule has 6 rings (SSSR count). The van der Waals surface area contributed by atoms with Crippen molar-refractivity contribution in [1.29, 1.82) is 0 Å². The summed E-state index contributed by atoms with van der Waals surface area (Å²) in [5.74, 6) is 0. The summed E-state index contributed by atoms with van der Waals surface area (Å²) in [4.78, 5) is 0. The molecule has 0 spiro atoms. The highest BCUT2D eigenvalue weighted by Gasteiger charge is 2.19. The summed E-state index contributed by atoms with van der Waals surface area (Å²) in [6.45, 7) is 8.51. The smallest absolute Gasteiger partial charge is 0.0802 e. The minimum absolute atomic E-state index is 1.05. The van der Waals surface area contributed by atoms with Crippen LogP contribution < -0.4 is 0 Å². The Kier molecular flexibility index (Phi) is 8.02. The lowest BCUT2D eigenvalue weighted by Gasteiger charge is -2.20. The molecule has 0 fully saturated rings. The lowest BCUT2D eigenvalue weighted by molar-refractivity contribution is 0.875. The van der Waals surface area contributed by atoms with Gasteiger partial charge in [0.15, 0.2) is 0 Å². The van der Waals surface area contributed by atoms with Gasteiger partial charge in [-0.15, -0.1) is 0 Å². The van der Waals surface area contributed by atoms with E-state index in [2.05, 4.69) is 155 Å². The first-order chi connectivity index (χ1) is 20.9. The van der Waals surface area contributed by atoms with Gasteiger partial charge in [0.2, 0.25) is 0 Å². The van der Waals surface area contributed by atoms with E-state index >= 15 is 0 Å². The summed E-state index contributed by atoms with van der Waals surface area (Å²) in [5.41, 5.74) is 15.2. The van der Waals surface area contributed by atoms with Crippen LogP contribution in [0.4, 0.5) is 0 Å². The highest BCUT2D eigenvalue weighted by Crippen LogP contribution is 2.38. The second-order valence-corrected chi connectivity index (χ2v) is 11.3. The Hall–Kier alpha value is -5.21. The van der Waals surface area contributed by atoms with Crippen LogP contribution in [0.15, 0.2) is 134 Å².